The standard InChI is InChI=1S/C15H14N2O6/c1-7-11(14(18)19)13(12(15(20)21)8(2)16-7)9-4-3-5-10(6-9)17(22)23/h3-6,13,16H,1-2H3,(H,18,19)(H,20,21). The molecule has 3 N–H and O–H groups in total. The summed E-state index contributed by atoms with van der Waals surface area (Å²) in [5.74, 6) is -3.65. The molecule has 2 rings (SSSR count). The van der Waals surface area contributed by atoms with E-state index < -0.39 is 22.8 Å². The van der Waals surface area contributed by atoms with Gasteiger partial charge in [-0.15, -0.1) is 0 Å². The first-order valence-electron chi connectivity index (χ1n) is 6.63. The molecule has 0 unspecified atom stereocenters. The molecule has 8 heteroatoms. The van der Waals surface area contributed by atoms with Gasteiger partial charge in [0.2, 0.25) is 0 Å². The van der Waals surface area contributed by atoms with Gasteiger partial charge in [-0.2, -0.15) is 0 Å². The molecule has 0 aliphatic carbocycles. The van der Waals surface area contributed by atoms with Gasteiger partial charge in [0.05, 0.1) is 22.0 Å². The number of carboxylic acids is 2. The molecule has 0 spiro atoms. The van der Waals surface area contributed by atoms with Crippen molar-refractivity contribution in [2.45, 2.75) is 19.8 Å². The van der Waals surface area contributed by atoms with Crippen LogP contribution in [0.4, 0.5) is 5.69 Å². The maximum Gasteiger partial charge on any atom is 0.334 e. The quantitative estimate of drug-likeness (QED) is 0.571. The average molecular weight is 318 g/mol. The largest absolute Gasteiger partial charge is 0.478 e. The summed E-state index contributed by atoms with van der Waals surface area (Å²) in [4.78, 5) is 33.5. The van der Waals surface area contributed by atoms with E-state index in [0.717, 1.165) is 0 Å². The minimum Gasteiger partial charge on any atom is -0.478 e. The Hall–Kier alpha value is -3.16. The van der Waals surface area contributed by atoms with Gasteiger partial charge in [0, 0.05) is 23.5 Å². The SMILES string of the molecule is CC1=C(C(=O)O)C(c2cccc([N+](=O)[O-])c2)C(C(=O)O)=C(C)N1. The van der Waals surface area contributed by atoms with Crippen LogP contribution in [0.5, 0.6) is 0 Å². The van der Waals surface area contributed by atoms with Gasteiger partial charge >= 0.3 is 11.9 Å². The smallest absolute Gasteiger partial charge is 0.334 e. The van der Waals surface area contributed by atoms with Crippen molar-refractivity contribution < 1.29 is 24.7 Å². The molecule has 0 bridgehead atoms. The Bertz CT molecular complexity index is 742. The molecule has 0 saturated carbocycles. The van der Waals surface area contributed by atoms with E-state index in [1.165, 1.54) is 38.1 Å². The Morgan fingerprint density at radius 1 is 1.13 bits per heavy atom. The van der Waals surface area contributed by atoms with E-state index in [-0.39, 0.29) is 22.4 Å². The van der Waals surface area contributed by atoms with Crippen molar-refractivity contribution in [2.75, 3.05) is 0 Å². The predicted molar refractivity (Wildman–Crippen MR) is 79.6 cm³/mol. The van der Waals surface area contributed by atoms with E-state index in [1.54, 1.807) is 0 Å². The number of non-ortho nitro benzene ring substituents is 1. The Kier molecular flexibility index (Phi) is 4.17. The van der Waals surface area contributed by atoms with Crippen LogP contribution in [-0.4, -0.2) is 27.1 Å². The zero-order valence-electron chi connectivity index (χ0n) is 12.4. The fourth-order valence-corrected chi connectivity index (χ4v) is 2.71. The van der Waals surface area contributed by atoms with Crippen LogP contribution in [-0.2, 0) is 9.59 Å². The third-order valence-electron chi connectivity index (χ3n) is 3.64. The highest BCUT2D eigenvalue weighted by Gasteiger charge is 2.36. The molecule has 0 aromatic heterocycles. The number of dihydropyridines is 1. The van der Waals surface area contributed by atoms with Gasteiger partial charge in [0.1, 0.15) is 0 Å². The first-order valence-corrected chi connectivity index (χ1v) is 6.63. The number of nitro groups is 1. The van der Waals surface area contributed by atoms with Crippen molar-refractivity contribution in [3.05, 3.63) is 62.5 Å². The number of aliphatic carboxylic acids is 2. The molecule has 0 amide bonds. The Morgan fingerprint density at radius 2 is 1.65 bits per heavy atom. The molecule has 23 heavy (non-hydrogen) atoms. The number of nitrogens with one attached hydrogen (secondary N) is 1. The number of carboxylic acid groups (broad SMARTS) is 2. The van der Waals surface area contributed by atoms with Crippen LogP contribution in [0.2, 0.25) is 0 Å². The van der Waals surface area contributed by atoms with E-state index in [1.807, 2.05) is 0 Å². The average Bonchev–Trinajstić information content (AvgIpc) is 2.45. The summed E-state index contributed by atoms with van der Waals surface area (Å²) in [6.07, 6.45) is 0. The van der Waals surface area contributed by atoms with Gasteiger partial charge in [-0.25, -0.2) is 9.59 Å². The van der Waals surface area contributed by atoms with E-state index in [2.05, 4.69) is 5.32 Å². The third kappa shape index (κ3) is 2.91. The topological polar surface area (TPSA) is 130 Å². The van der Waals surface area contributed by atoms with E-state index in [9.17, 15) is 29.9 Å². The molecule has 1 heterocycles. The molecule has 1 aromatic carbocycles. The fraction of sp³-hybridized carbons (Fsp3) is 0.200. The summed E-state index contributed by atoms with van der Waals surface area (Å²) >= 11 is 0. The maximum atomic E-state index is 11.6. The van der Waals surface area contributed by atoms with Crippen molar-refractivity contribution in [2.24, 2.45) is 0 Å². The number of carbonyl (C=O) groups is 2. The summed E-state index contributed by atoms with van der Waals surface area (Å²) in [5, 5.41) is 32.6. The number of hydrogen-bond acceptors (Lipinski definition) is 5. The zero-order valence-corrected chi connectivity index (χ0v) is 12.4. The minimum absolute atomic E-state index is 0.145. The van der Waals surface area contributed by atoms with Crippen molar-refractivity contribution in [1.29, 1.82) is 0 Å². The van der Waals surface area contributed by atoms with Gasteiger partial charge in [-0.3, -0.25) is 10.1 Å². The summed E-state index contributed by atoms with van der Waals surface area (Å²) in [6.45, 7) is 3.05. The number of allylic oxidation sites excluding steroid dienone is 2. The van der Waals surface area contributed by atoms with Crippen LogP contribution in [0.1, 0.15) is 25.3 Å². The maximum absolute atomic E-state index is 11.6. The monoisotopic (exact) mass is 318 g/mol. The third-order valence-corrected chi connectivity index (χ3v) is 3.64. The Morgan fingerprint density at radius 3 is 2.09 bits per heavy atom. The molecule has 0 radical (unpaired) electrons. The molecule has 8 nitrogen and oxygen atoms in total. The molecule has 1 aliphatic rings. The highest BCUT2D eigenvalue weighted by molar-refractivity contribution is 5.98. The predicted octanol–water partition coefficient (Wildman–Crippen LogP) is 2.00. The highest BCUT2D eigenvalue weighted by Crippen LogP contribution is 2.39. The number of hydrogen-bond donors (Lipinski definition) is 3. The lowest BCUT2D eigenvalue weighted by Crippen LogP contribution is -2.31. The molecule has 1 aromatic rings. The van der Waals surface area contributed by atoms with Crippen LogP contribution in [0.25, 0.3) is 0 Å². The summed E-state index contributed by atoms with van der Waals surface area (Å²) in [5.41, 5.74) is 0.329. The number of nitrogens with zero attached hydrogens (tertiary/aromatic N) is 1. The van der Waals surface area contributed by atoms with Crippen molar-refractivity contribution in [3.8, 4) is 0 Å². The van der Waals surface area contributed by atoms with Crippen LogP contribution >= 0.6 is 0 Å². The second kappa shape index (κ2) is 5.91. The van der Waals surface area contributed by atoms with E-state index in [0.29, 0.717) is 11.4 Å². The Labute approximate surface area is 130 Å². The molecule has 120 valence electrons. The van der Waals surface area contributed by atoms with Crippen LogP contribution in [0.15, 0.2) is 46.8 Å². The van der Waals surface area contributed by atoms with E-state index in [4.69, 9.17) is 0 Å². The second-order valence-corrected chi connectivity index (χ2v) is 5.10. The van der Waals surface area contributed by atoms with Crippen LogP contribution < -0.4 is 5.32 Å². The first-order chi connectivity index (χ1) is 10.7. The lowest BCUT2D eigenvalue weighted by atomic mass is 9.80. The molecular formula is C15H14N2O6. The van der Waals surface area contributed by atoms with E-state index >= 15 is 0 Å². The molecule has 1 aliphatic heterocycles. The fourth-order valence-electron chi connectivity index (χ4n) is 2.71. The molecule has 0 fully saturated rings. The lowest BCUT2D eigenvalue weighted by Gasteiger charge is -2.28. The van der Waals surface area contributed by atoms with Gasteiger partial charge in [-0.05, 0) is 19.4 Å². The van der Waals surface area contributed by atoms with Crippen molar-refractivity contribution in [3.63, 3.8) is 0 Å². The summed E-state index contributed by atoms with van der Waals surface area (Å²) in [6, 6.07) is 5.34. The van der Waals surface area contributed by atoms with Gasteiger partial charge < -0.3 is 15.5 Å². The van der Waals surface area contributed by atoms with Gasteiger partial charge in [-0.1, -0.05) is 12.1 Å². The first kappa shape index (κ1) is 16.2. The normalized spacial score (nSPS) is 15.4. The van der Waals surface area contributed by atoms with Gasteiger partial charge in [0.25, 0.3) is 5.69 Å². The molecule has 0 saturated heterocycles. The molecule has 0 atom stereocenters. The highest BCUT2D eigenvalue weighted by atomic mass is 16.6. The number of benzene rings is 1. The van der Waals surface area contributed by atoms with Crippen molar-refractivity contribution >= 4 is 17.6 Å². The zero-order chi connectivity index (χ0) is 17.3. The second-order valence-electron chi connectivity index (χ2n) is 5.10. The van der Waals surface area contributed by atoms with Gasteiger partial charge in [0.15, 0.2) is 0 Å². The lowest BCUT2D eigenvalue weighted by molar-refractivity contribution is -0.384. The molecular weight excluding hydrogens is 304 g/mol. The Balaban J connectivity index is 2.72. The summed E-state index contributed by atoms with van der Waals surface area (Å²) in [7, 11) is 0. The minimum atomic E-state index is -1.28. The number of nitro benzene ring substituents is 1. The summed E-state index contributed by atoms with van der Waals surface area (Å²) < 4.78 is 0. The van der Waals surface area contributed by atoms with Crippen LogP contribution in [0.3, 0.4) is 0 Å². The van der Waals surface area contributed by atoms with Crippen molar-refractivity contribution in [1.82, 2.24) is 5.32 Å². The van der Waals surface area contributed by atoms with Crippen LogP contribution in [0, 0.1) is 10.1 Å². The number of rotatable bonds is 4.